The second-order valence-corrected chi connectivity index (χ2v) is 6.15. The molecule has 2 aliphatic heterocycles. The van der Waals surface area contributed by atoms with Gasteiger partial charge in [0.2, 0.25) is 5.91 Å². The number of carbonyl (C=O) groups excluding carboxylic acids is 1. The molecule has 4 rings (SSSR count). The van der Waals surface area contributed by atoms with Crippen LogP contribution in [0, 0.1) is 5.92 Å². The molecule has 2 fully saturated rings. The van der Waals surface area contributed by atoms with Gasteiger partial charge in [0.25, 0.3) is 5.89 Å². The predicted molar refractivity (Wildman–Crippen MR) is 82.6 cm³/mol. The highest BCUT2D eigenvalue weighted by Crippen LogP contribution is 2.29. The van der Waals surface area contributed by atoms with Crippen molar-refractivity contribution >= 4 is 5.91 Å². The Bertz CT molecular complexity index is 679. The SMILES string of the molecule is O=C([C@@H]1CCOC1)N1CC[C@H](c2noc(-c3ccccc3)n2)C1. The molecule has 0 unspecified atom stereocenters. The van der Waals surface area contributed by atoms with Gasteiger partial charge in [-0.15, -0.1) is 0 Å². The molecule has 2 atom stereocenters. The van der Waals surface area contributed by atoms with E-state index in [1.165, 1.54) is 0 Å². The lowest BCUT2D eigenvalue weighted by molar-refractivity contribution is -0.134. The number of amides is 1. The molecular formula is C17H19N3O3. The van der Waals surface area contributed by atoms with Crippen molar-refractivity contribution in [2.75, 3.05) is 26.3 Å². The van der Waals surface area contributed by atoms with Gasteiger partial charge >= 0.3 is 0 Å². The second-order valence-electron chi connectivity index (χ2n) is 6.15. The number of nitrogens with zero attached hydrogens (tertiary/aromatic N) is 3. The van der Waals surface area contributed by atoms with Crippen LogP contribution in [0.25, 0.3) is 11.5 Å². The fourth-order valence-corrected chi connectivity index (χ4v) is 3.26. The van der Waals surface area contributed by atoms with Crippen LogP contribution in [0.3, 0.4) is 0 Å². The van der Waals surface area contributed by atoms with Crippen molar-refractivity contribution < 1.29 is 14.1 Å². The van der Waals surface area contributed by atoms with E-state index in [4.69, 9.17) is 9.26 Å². The van der Waals surface area contributed by atoms with Gasteiger partial charge in [-0.3, -0.25) is 4.79 Å². The number of benzene rings is 1. The number of likely N-dealkylation sites (tertiary alicyclic amines) is 1. The molecule has 0 spiro atoms. The van der Waals surface area contributed by atoms with E-state index < -0.39 is 0 Å². The smallest absolute Gasteiger partial charge is 0.257 e. The number of rotatable bonds is 3. The van der Waals surface area contributed by atoms with Gasteiger partial charge in [0.1, 0.15) is 0 Å². The Morgan fingerprint density at radius 1 is 1.22 bits per heavy atom. The fourth-order valence-electron chi connectivity index (χ4n) is 3.26. The zero-order valence-corrected chi connectivity index (χ0v) is 12.9. The summed E-state index contributed by atoms with van der Waals surface area (Å²) in [6.07, 6.45) is 1.72. The van der Waals surface area contributed by atoms with Crippen LogP contribution < -0.4 is 0 Å². The van der Waals surface area contributed by atoms with E-state index in [-0.39, 0.29) is 17.7 Å². The van der Waals surface area contributed by atoms with Gasteiger partial charge < -0.3 is 14.2 Å². The molecule has 0 N–H and O–H groups in total. The van der Waals surface area contributed by atoms with Gasteiger partial charge in [0.15, 0.2) is 5.82 Å². The van der Waals surface area contributed by atoms with Crippen LogP contribution >= 0.6 is 0 Å². The molecular weight excluding hydrogens is 294 g/mol. The first kappa shape index (κ1) is 14.4. The molecule has 2 aliphatic rings. The highest BCUT2D eigenvalue weighted by Gasteiger charge is 2.35. The van der Waals surface area contributed by atoms with Crippen molar-refractivity contribution in [3.63, 3.8) is 0 Å². The first-order valence-corrected chi connectivity index (χ1v) is 8.07. The Balaban J connectivity index is 1.44. The molecule has 0 bridgehead atoms. The predicted octanol–water partition coefficient (Wildman–Crippen LogP) is 2.09. The summed E-state index contributed by atoms with van der Waals surface area (Å²) in [6.45, 7) is 2.68. The molecule has 120 valence electrons. The molecule has 23 heavy (non-hydrogen) atoms. The molecule has 0 aliphatic carbocycles. The maximum atomic E-state index is 12.4. The fraction of sp³-hybridized carbons (Fsp3) is 0.471. The topological polar surface area (TPSA) is 68.5 Å². The Morgan fingerprint density at radius 2 is 2.09 bits per heavy atom. The first-order chi connectivity index (χ1) is 11.3. The third-order valence-electron chi connectivity index (χ3n) is 4.61. The van der Waals surface area contributed by atoms with Crippen LogP contribution in [0.2, 0.25) is 0 Å². The standard InChI is InChI=1S/C17H19N3O3/c21-17(14-7-9-22-11-14)20-8-6-13(10-20)15-18-16(23-19-15)12-4-2-1-3-5-12/h1-5,13-14H,6-11H2/t13-,14+/m0/s1. The molecule has 0 saturated carbocycles. The molecule has 1 amide bonds. The lowest BCUT2D eigenvalue weighted by Crippen LogP contribution is -2.34. The number of carbonyl (C=O) groups is 1. The van der Waals surface area contributed by atoms with Crippen LogP contribution in [0.4, 0.5) is 0 Å². The minimum atomic E-state index is 0.0268. The zero-order chi connectivity index (χ0) is 15.6. The van der Waals surface area contributed by atoms with Crippen molar-refractivity contribution in [1.29, 1.82) is 0 Å². The van der Waals surface area contributed by atoms with Crippen molar-refractivity contribution in [2.45, 2.75) is 18.8 Å². The van der Waals surface area contributed by atoms with Gasteiger partial charge in [-0.25, -0.2) is 0 Å². The summed E-state index contributed by atoms with van der Waals surface area (Å²) in [6, 6.07) is 9.73. The quantitative estimate of drug-likeness (QED) is 0.868. The number of ether oxygens (including phenoxy) is 1. The van der Waals surface area contributed by atoms with Gasteiger partial charge in [-0.2, -0.15) is 4.98 Å². The van der Waals surface area contributed by atoms with Crippen LogP contribution in [0.5, 0.6) is 0 Å². The minimum Gasteiger partial charge on any atom is -0.381 e. The van der Waals surface area contributed by atoms with Gasteiger partial charge in [-0.1, -0.05) is 23.4 Å². The summed E-state index contributed by atoms with van der Waals surface area (Å²) in [5, 5.41) is 4.12. The number of aromatic nitrogens is 2. The molecule has 3 heterocycles. The highest BCUT2D eigenvalue weighted by atomic mass is 16.5. The minimum absolute atomic E-state index is 0.0268. The zero-order valence-electron chi connectivity index (χ0n) is 12.9. The summed E-state index contributed by atoms with van der Waals surface area (Å²) in [7, 11) is 0. The van der Waals surface area contributed by atoms with Gasteiger partial charge in [0.05, 0.1) is 12.5 Å². The average Bonchev–Trinajstić information content (AvgIpc) is 3.35. The van der Waals surface area contributed by atoms with Crippen LogP contribution in [-0.2, 0) is 9.53 Å². The maximum absolute atomic E-state index is 12.4. The maximum Gasteiger partial charge on any atom is 0.257 e. The van der Waals surface area contributed by atoms with E-state index >= 15 is 0 Å². The lowest BCUT2D eigenvalue weighted by atomic mass is 10.1. The molecule has 6 heteroatoms. The van der Waals surface area contributed by atoms with Gasteiger partial charge in [-0.05, 0) is 25.0 Å². The second kappa shape index (κ2) is 6.12. The summed E-state index contributed by atoms with van der Waals surface area (Å²) >= 11 is 0. The van der Waals surface area contributed by atoms with Crippen molar-refractivity contribution in [3.05, 3.63) is 36.2 Å². The summed E-state index contributed by atoms with van der Waals surface area (Å²) in [5.41, 5.74) is 0.917. The summed E-state index contributed by atoms with van der Waals surface area (Å²) in [5.74, 6) is 1.62. The van der Waals surface area contributed by atoms with E-state index in [1.54, 1.807) is 0 Å². The molecule has 2 saturated heterocycles. The lowest BCUT2D eigenvalue weighted by Gasteiger charge is -2.19. The normalized spacial score (nSPS) is 24.3. The number of hydrogen-bond donors (Lipinski definition) is 0. The van der Waals surface area contributed by atoms with E-state index in [1.807, 2.05) is 35.2 Å². The summed E-state index contributed by atoms with van der Waals surface area (Å²) < 4.78 is 10.7. The molecule has 0 radical (unpaired) electrons. The van der Waals surface area contributed by atoms with E-state index in [0.717, 1.165) is 24.9 Å². The summed E-state index contributed by atoms with van der Waals surface area (Å²) in [4.78, 5) is 18.9. The van der Waals surface area contributed by atoms with Crippen LogP contribution in [0.1, 0.15) is 24.6 Å². The van der Waals surface area contributed by atoms with E-state index in [0.29, 0.717) is 31.5 Å². The third kappa shape index (κ3) is 2.86. The molecule has 1 aromatic heterocycles. The Morgan fingerprint density at radius 3 is 2.87 bits per heavy atom. The largest absolute Gasteiger partial charge is 0.381 e. The van der Waals surface area contributed by atoms with Crippen LogP contribution in [0.15, 0.2) is 34.9 Å². The molecule has 6 nitrogen and oxygen atoms in total. The van der Waals surface area contributed by atoms with Crippen LogP contribution in [-0.4, -0.2) is 47.3 Å². The number of hydrogen-bond acceptors (Lipinski definition) is 5. The molecule has 2 aromatic rings. The van der Waals surface area contributed by atoms with Crippen molar-refractivity contribution in [3.8, 4) is 11.5 Å². The Hall–Kier alpha value is -2.21. The van der Waals surface area contributed by atoms with Gasteiger partial charge in [0, 0.05) is 31.2 Å². The van der Waals surface area contributed by atoms with Crippen molar-refractivity contribution in [2.24, 2.45) is 5.92 Å². The first-order valence-electron chi connectivity index (χ1n) is 8.07. The third-order valence-corrected chi connectivity index (χ3v) is 4.61. The van der Waals surface area contributed by atoms with Crippen molar-refractivity contribution in [1.82, 2.24) is 15.0 Å². The van der Waals surface area contributed by atoms with E-state index in [2.05, 4.69) is 10.1 Å². The Labute approximate surface area is 134 Å². The molecule has 1 aromatic carbocycles. The average molecular weight is 313 g/mol. The monoisotopic (exact) mass is 313 g/mol. The Kier molecular flexibility index (Phi) is 3.83. The van der Waals surface area contributed by atoms with E-state index in [9.17, 15) is 4.79 Å². The highest BCUT2D eigenvalue weighted by molar-refractivity contribution is 5.79.